The molecule has 0 saturated heterocycles. The van der Waals surface area contributed by atoms with E-state index in [0.29, 0.717) is 36.6 Å². The summed E-state index contributed by atoms with van der Waals surface area (Å²) in [6, 6.07) is 6.68. The second kappa shape index (κ2) is 11.2. The van der Waals surface area contributed by atoms with Crippen LogP contribution >= 0.6 is 0 Å². The highest BCUT2D eigenvalue weighted by atomic mass is 16.7. The Balaban J connectivity index is 1.61. The van der Waals surface area contributed by atoms with Gasteiger partial charge in [0, 0.05) is 14.2 Å². The number of rotatable bonds is 10. The summed E-state index contributed by atoms with van der Waals surface area (Å²) in [4.78, 5) is 0. The van der Waals surface area contributed by atoms with Gasteiger partial charge in [0.15, 0.2) is 6.79 Å². The molecule has 0 aliphatic heterocycles. The molecule has 4 rings (SSSR count). The van der Waals surface area contributed by atoms with E-state index in [9.17, 15) is 0 Å². The smallest absolute Gasteiger partial charge is 0.188 e. The molecule has 0 aromatic heterocycles. The van der Waals surface area contributed by atoms with Gasteiger partial charge in [0.25, 0.3) is 0 Å². The molecule has 1 aromatic carbocycles. The van der Waals surface area contributed by atoms with Crippen molar-refractivity contribution in [3.63, 3.8) is 0 Å². The molecule has 182 valence electrons. The standard InChI is InChI=1S/C28H40O5/c1-28-14-13-23-22-10-9-21(32-18-30-2)17-24(22)20(8-6-4-5-7-15-29)16-25(23)26(28)11-12-27(28)33-19-31-3/h4-7,9-10,17,20,23,25-27,29H,8,11-16,18-19H2,1-3H3/b6-4+,7-5+/t20-,23-,25-,26+,27+,28+/m1/s1. The van der Waals surface area contributed by atoms with Crippen LogP contribution in [0.2, 0.25) is 0 Å². The molecule has 3 aliphatic carbocycles. The van der Waals surface area contributed by atoms with E-state index in [1.165, 1.54) is 36.8 Å². The highest BCUT2D eigenvalue weighted by molar-refractivity contribution is 5.43. The summed E-state index contributed by atoms with van der Waals surface area (Å²) in [6.45, 7) is 3.20. The quantitative estimate of drug-likeness (QED) is 0.369. The molecule has 2 saturated carbocycles. The predicted octanol–water partition coefficient (Wildman–Crippen LogP) is 5.55. The highest BCUT2D eigenvalue weighted by Gasteiger charge is 2.56. The second-order valence-corrected chi connectivity index (χ2v) is 10.1. The first-order valence-electron chi connectivity index (χ1n) is 12.4. The summed E-state index contributed by atoms with van der Waals surface area (Å²) in [5, 5.41) is 9.00. The molecule has 0 heterocycles. The van der Waals surface area contributed by atoms with Crippen LogP contribution in [0.15, 0.2) is 42.5 Å². The van der Waals surface area contributed by atoms with E-state index in [-0.39, 0.29) is 18.8 Å². The average molecular weight is 457 g/mol. The summed E-state index contributed by atoms with van der Waals surface area (Å²) < 4.78 is 22.3. The molecule has 5 nitrogen and oxygen atoms in total. The maximum absolute atomic E-state index is 9.00. The first-order chi connectivity index (χ1) is 16.1. The number of aliphatic hydroxyl groups is 1. The van der Waals surface area contributed by atoms with Gasteiger partial charge in [0.05, 0.1) is 12.7 Å². The molecule has 6 atom stereocenters. The Morgan fingerprint density at radius 1 is 1.03 bits per heavy atom. The number of fused-ring (bicyclic) bond motifs is 5. The predicted molar refractivity (Wildman–Crippen MR) is 129 cm³/mol. The van der Waals surface area contributed by atoms with Gasteiger partial charge in [-0.3, -0.25) is 0 Å². The molecule has 0 unspecified atom stereocenters. The Morgan fingerprint density at radius 2 is 1.85 bits per heavy atom. The van der Waals surface area contributed by atoms with Gasteiger partial charge in [0.2, 0.25) is 0 Å². The zero-order valence-electron chi connectivity index (χ0n) is 20.4. The summed E-state index contributed by atoms with van der Waals surface area (Å²) in [6.07, 6.45) is 15.3. The number of methoxy groups -OCH3 is 2. The number of hydrogen-bond acceptors (Lipinski definition) is 5. The Kier molecular flexibility index (Phi) is 8.29. The van der Waals surface area contributed by atoms with Gasteiger partial charge in [-0.2, -0.15) is 0 Å². The van der Waals surface area contributed by atoms with Gasteiger partial charge >= 0.3 is 0 Å². The van der Waals surface area contributed by atoms with E-state index in [1.54, 1.807) is 20.3 Å². The molecular formula is C28H40O5. The Labute approximate surface area is 198 Å². The zero-order valence-corrected chi connectivity index (χ0v) is 20.4. The molecule has 1 aromatic rings. The number of hydrogen-bond donors (Lipinski definition) is 1. The number of allylic oxidation sites excluding steroid dienone is 3. The third-order valence-corrected chi connectivity index (χ3v) is 8.44. The van der Waals surface area contributed by atoms with Gasteiger partial charge in [0.1, 0.15) is 12.5 Å². The van der Waals surface area contributed by atoms with Gasteiger partial charge in [-0.15, -0.1) is 0 Å². The average Bonchev–Trinajstić information content (AvgIpc) is 3.17. The van der Waals surface area contributed by atoms with Crippen molar-refractivity contribution >= 4 is 0 Å². The Hall–Kier alpha value is -1.66. The fraction of sp³-hybridized carbons (Fsp3) is 0.643. The molecule has 0 bridgehead atoms. The van der Waals surface area contributed by atoms with Crippen molar-refractivity contribution in [3.05, 3.63) is 53.6 Å². The number of ether oxygens (including phenoxy) is 4. The molecule has 5 heteroatoms. The lowest BCUT2D eigenvalue weighted by molar-refractivity contribution is -0.125. The summed E-state index contributed by atoms with van der Waals surface area (Å²) in [7, 11) is 3.36. The Morgan fingerprint density at radius 3 is 2.64 bits per heavy atom. The van der Waals surface area contributed by atoms with Gasteiger partial charge in [-0.25, -0.2) is 0 Å². The van der Waals surface area contributed by atoms with E-state index < -0.39 is 0 Å². The highest BCUT2D eigenvalue weighted by Crippen LogP contribution is 2.63. The van der Waals surface area contributed by atoms with Crippen LogP contribution in [0.1, 0.15) is 68.4 Å². The number of benzene rings is 1. The lowest BCUT2D eigenvalue weighted by atomic mass is 9.53. The van der Waals surface area contributed by atoms with E-state index in [0.717, 1.165) is 18.6 Å². The lowest BCUT2D eigenvalue weighted by Gasteiger charge is -2.52. The molecule has 1 N–H and O–H groups in total. The maximum atomic E-state index is 9.00. The van der Waals surface area contributed by atoms with Crippen molar-refractivity contribution in [2.75, 3.05) is 34.4 Å². The summed E-state index contributed by atoms with van der Waals surface area (Å²) in [5.74, 6) is 3.34. The lowest BCUT2D eigenvalue weighted by Crippen LogP contribution is -2.45. The van der Waals surface area contributed by atoms with Crippen molar-refractivity contribution in [1.29, 1.82) is 0 Å². The first kappa shape index (κ1) is 24.5. The molecule has 0 spiro atoms. The van der Waals surface area contributed by atoms with Crippen LogP contribution in [0.4, 0.5) is 0 Å². The van der Waals surface area contributed by atoms with Crippen LogP contribution in [-0.2, 0) is 14.2 Å². The van der Waals surface area contributed by atoms with Crippen LogP contribution in [0.5, 0.6) is 5.75 Å². The topological polar surface area (TPSA) is 57.2 Å². The van der Waals surface area contributed by atoms with Crippen LogP contribution < -0.4 is 4.74 Å². The minimum absolute atomic E-state index is 0.0765. The maximum Gasteiger partial charge on any atom is 0.188 e. The van der Waals surface area contributed by atoms with E-state index in [4.69, 9.17) is 24.1 Å². The molecule has 33 heavy (non-hydrogen) atoms. The van der Waals surface area contributed by atoms with Crippen LogP contribution in [0, 0.1) is 17.3 Å². The first-order valence-corrected chi connectivity index (χ1v) is 12.4. The summed E-state index contributed by atoms with van der Waals surface area (Å²) in [5.41, 5.74) is 3.20. The van der Waals surface area contributed by atoms with Crippen molar-refractivity contribution in [3.8, 4) is 5.75 Å². The fourth-order valence-electron chi connectivity index (χ4n) is 6.98. The largest absolute Gasteiger partial charge is 0.468 e. The van der Waals surface area contributed by atoms with Gasteiger partial charge in [-0.05, 0) is 90.9 Å². The minimum atomic E-state index is 0.0765. The van der Waals surface area contributed by atoms with Crippen LogP contribution in [0.3, 0.4) is 0 Å². The summed E-state index contributed by atoms with van der Waals surface area (Å²) >= 11 is 0. The molecule has 0 amide bonds. The third kappa shape index (κ3) is 5.07. The molecule has 2 fully saturated rings. The third-order valence-electron chi connectivity index (χ3n) is 8.44. The van der Waals surface area contributed by atoms with Crippen molar-refractivity contribution < 1.29 is 24.1 Å². The SMILES string of the molecule is COCOc1ccc2c(c1)[C@H](C/C=C/C=C/CO)C[C@@H]1[C@@H]2CC[C@]2(C)[C@@H](OCOC)CC[C@@H]12. The van der Waals surface area contributed by atoms with Gasteiger partial charge in [-0.1, -0.05) is 37.3 Å². The van der Waals surface area contributed by atoms with Crippen molar-refractivity contribution in [2.24, 2.45) is 17.3 Å². The van der Waals surface area contributed by atoms with Crippen LogP contribution in [0.25, 0.3) is 0 Å². The molecular weight excluding hydrogens is 416 g/mol. The van der Waals surface area contributed by atoms with Crippen molar-refractivity contribution in [1.82, 2.24) is 0 Å². The molecule has 3 aliphatic rings. The monoisotopic (exact) mass is 456 g/mol. The van der Waals surface area contributed by atoms with Gasteiger partial charge < -0.3 is 24.1 Å². The fourth-order valence-corrected chi connectivity index (χ4v) is 6.98. The zero-order chi connectivity index (χ0) is 23.3. The Bertz CT molecular complexity index is 834. The van der Waals surface area contributed by atoms with Crippen LogP contribution in [-0.4, -0.2) is 45.6 Å². The number of aliphatic hydroxyl groups excluding tert-OH is 1. The van der Waals surface area contributed by atoms with E-state index >= 15 is 0 Å². The minimum Gasteiger partial charge on any atom is -0.468 e. The van der Waals surface area contributed by atoms with Crippen molar-refractivity contribution in [2.45, 2.75) is 63.4 Å². The van der Waals surface area contributed by atoms with E-state index in [1.807, 2.05) is 6.08 Å². The normalized spacial score (nSPS) is 33.3. The van der Waals surface area contributed by atoms with E-state index in [2.05, 4.69) is 37.3 Å². The second-order valence-electron chi connectivity index (χ2n) is 10.1. The molecule has 0 radical (unpaired) electrons.